The molecule has 0 saturated heterocycles. The molecule has 0 bridgehead atoms. The van der Waals surface area contributed by atoms with Crippen LogP contribution in [0.4, 0.5) is 0 Å². The van der Waals surface area contributed by atoms with Gasteiger partial charge in [-0.2, -0.15) is 0 Å². The molecule has 1 aliphatic heterocycles. The van der Waals surface area contributed by atoms with Crippen molar-refractivity contribution in [2.24, 2.45) is 0 Å². The second kappa shape index (κ2) is 4.89. The van der Waals surface area contributed by atoms with E-state index in [1.54, 1.807) is 19.2 Å². The number of carbonyl (C=O) groups is 1. The molecule has 1 aliphatic carbocycles. The number of rotatable bonds is 3. The molecule has 108 valence electrons. The van der Waals surface area contributed by atoms with Gasteiger partial charge in [0.2, 0.25) is 6.79 Å². The second-order valence-electron chi connectivity index (χ2n) is 5.36. The highest BCUT2D eigenvalue weighted by Crippen LogP contribution is 2.49. The van der Waals surface area contributed by atoms with Crippen LogP contribution < -0.4 is 14.2 Å². The molecule has 0 atom stereocenters. The third-order valence-electron chi connectivity index (χ3n) is 4.31. The minimum Gasteiger partial charge on any atom is -0.497 e. The minimum atomic E-state index is -0.884. The summed E-state index contributed by atoms with van der Waals surface area (Å²) in [5.41, 5.74) is -0.193. The number of hydrogen-bond donors (Lipinski definition) is 1. The van der Waals surface area contributed by atoms with E-state index >= 15 is 0 Å². The Bertz CT molecular complexity index is 531. The molecular weight excluding hydrogens is 260 g/mol. The van der Waals surface area contributed by atoms with Crippen LogP contribution in [0.3, 0.4) is 0 Å². The lowest BCUT2D eigenvalue weighted by molar-refractivity contribution is -0.145. The van der Waals surface area contributed by atoms with Crippen LogP contribution in [-0.4, -0.2) is 25.0 Å². The van der Waals surface area contributed by atoms with Crippen LogP contribution in [0.25, 0.3) is 0 Å². The summed E-state index contributed by atoms with van der Waals surface area (Å²) in [7, 11) is 1.57. The first kappa shape index (κ1) is 13.1. The summed E-state index contributed by atoms with van der Waals surface area (Å²) in [6.07, 6.45) is 4.17. The lowest BCUT2D eigenvalue weighted by Crippen LogP contribution is -2.38. The standard InChI is InChI=1S/C15H18O5/c1-18-10-7-11(13-12(8-10)19-9-20-13)15(14(16)17)5-3-2-4-6-15/h7-8H,2-6,9H2,1H3,(H,16,17). The van der Waals surface area contributed by atoms with Crippen molar-refractivity contribution in [2.75, 3.05) is 13.9 Å². The van der Waals surface area contributed by atoms with Gasteiger partial charge in [0, 0.05) is 11.6 Å². The summed E-state index contributed by atoms with van der Waals surface area (Å²) < 4.78 is 16.2. The van der Waals surface area contributed by atoms with E-state index in [2.05, 4.69) is 0 Å². The number of carboxylic acid groups (broad SMARTS) is 1. The van der Waals surface area contributed by atoms with Crippen molar-refractivity contribution in [3.63, 3.8) is 0 Å². The zero-order valence-electron chi connectivity index (χ0n) is 11.5. The molecule has 1 saturated carbocycles. The van der Waals surface area contributed by atoms with Gasteiger partial charge in [-0.1, -0.05) is 19.3 Å². The SMILES string of the molecule is COc1cc2c(c(C3(C(=O)O)CCCCC3)c1)OCO2. The first-order valence-corrected chi connectivity index (χ1v) is 6.89. The number of benzene rings is 1. The lowest BCUT2D eigenvalue weighted by atomic mass is 9.69. The van der Waals surface area contributed by atoms with Gasteiger partial charge in [-0.25, -0.2) is 0 Å². The first-order valence-electron chi connectivity index (χ1n) is 6.89. The van der Waals surface area contributed by atoms with Gasteiger partial charge in [-0.3, -0.25) is 4.79 Å². The van der Waals surface area contributed by atoms with Gasteiger partial charge >= 0.3 is 5.97 Å². The molecule has 0 spiro atoms. The molecule has 2 aliphatic rings. The Labute approximate surface area is 117 Å². The summed E-state index contributed by atoms with van der Waals surface area (Å²) >= 11 is 0. The van der Waals surface area contributed by atoms with Crippen molar-refractivity contribution in [3.05, 3.63) is 17.7 Å². The molecule has 3 rings (SSSR count). The smallest absolute Gasteiger partial charge is 0.314 e. The maximum atomic E-state index is 11.9. The van der Waals surface area contributed by atoms with Crippen LogP contribution >= 0.6 is 0 Å². The van der Waals surface area contributed by atoms with E-state index < -0.39 is 11.4 Å². The molecule has 1 heterocycles. The zero-order chi connectivity index (χ0) is 14.2. The molecule has 20 heavy (non-hydrogen) atoms. The van der Waals surface area contributed by atoms with E-state index in [-0.39, 0.29) is 6.79 Å². The first-order chi connectivity index (χ1) is 9.67. The van der Waals surface area contributed by atoms with Crippen LogP contribution in [0.15, 0.2) is 12.1 Å². The normalized spacial score (nSPS) is 19.6. The molecular formula is C15H18O5. The number of methoxy groups -OCH3 is 1. The Morgan fingerprint density at radius 2 is 2.00 bits per heavy atom. The van der Waals surface area contributed by atoms with Gasteiger partial charge in [-0.05, 0) is 18.9 Å². The Hall–Kier alpha value is -1.91. The maximum absolute atomic E-state index is 11.9. The molecule has 1 aromatic carbocycles. The third-order valence-corrected chi connectivity index (χ3v) is 4.31. The van der Waals surface area contributed by atoms with E-state index in [1.165, 1.54) is 0 Å². The summed E-state index contributed by atoms with van der Waals surface area (Å²) in [5.74, 6) is 0.958. The average molecular weight is 278 g/mol. The van der Waals surface area contributed by atoms with Crippen LogP contribution in [0.2, 0.25) is 0 Å². The second-order valence-corrected chi connectivity index (χ2v) is 5.36. The largest absolute Gasteiger partial charge is 0.497 e. The highest BCUT2D eigenvalue weighted by atomic mass is 16.7. The van der Waals surface area contributed by atoms with Crippen LogP contribution in [-0.2, 0) is 10.2 Å². The number of hydrogen-bond acceptors (Lipinski definition) is 4. The van der Waals surface area contributed by atoms with Gasteiger partial charge in [-0.15, -0.1) is 0 Å². The monoisotopic (exact) mass is 278 g/mol. The van der Waals surface area contributed by atoms with Gasteiger partial charge in [0.1, 0.15) is 5.75 Å². The fourth-order valence-electron chi connectivity index (χ4n) is 3.21. The number of carboxylic acids is 1. The summed E-state index contributed by atoms with van der Waals surface area (Å²) in [6, 6.07) is 3.52. The van der Waals surface area contributed by atoms with Gasteiger partial charge < -0.3 is 19.3 Å². The Balaban J connectivity index is 2.16. The summed E-state index contributed by atoms with van der Waals surface area (Å²) in [5, 5.41) is 9.80. The highest BCUT2D eigenvalue weighted by Gasteiger charge is 2.45. The Morgan fingerprint density at radius 3 is 2.65 bits per heavy atom. The summed E-state index contributed by atoms with van der Waals surface area (Å²) in [6.45, 7) is 0.130. The van der Waals surface area contributed by atoms with Crippen LogP contribution in [0, 0.1) is 0 Å². The van der Waals surface area contributed by atoms with E-state index in [9.17, 15) is 9.90 Å². The molecule has 0 amide bonds. The average Bonchev–Trinajstić information content (AvgIpc) is 2.94. The van der Waals surface area contributed by atoms with Gasteiger partial charge in [0.05, 0.1) is 12.5 Å². The van der Waals surface area contributed by atoms with Crippen molar-refractivity contribution in [3.8, 4) is 17.2 Å². The molecule has 1 fully saturated rings. The number of aliphatic carboxylic acids is 1. The topological polar surface area (TPSA) is 65.0 Å². The quantitative estimate of drug-likeness (QED) is 0.921. The van der Waals surface area contributed by atoms with E-state index in [1.807, 2.05) is 0 Å². The van der Waals surface area contributed by atoms with Crippen molar-refractivity contribution >= 4 is 5.97 Å². The molecule has 5 heteroatoms. The van der Waals surface area contributed by atoms with Gasteiger partial charge in [0.25, 0.3) is 0 Å². The lowest BCUT2D eigenvalue weighted by Gasteiger charge is -2.34. The number of fused-ring (bicyclic) bond motifs is 1. The van der Waals surface area contributed by atoms with Crippen LogP contribution in [0.5, 0.6) is 17.2 Å². The Kier molecular flexibility index (Phi) is 3.20. The molecule has 1 aromatic rings. The van der Waals surface area contributed by atoms with E-state index in [4.69, 9.17) is 14.2 Å². The van der Waals surface area contributed by atoms with E-state index in [0.717, 1.165) is 19.3 Å². The molecule has 0 radical (unpaired) electrons. The van der Waals surface area contributed by atoms with E-state index in [0.29, 0.717) is 35.7 Å². The molecule has 5 nitrogen and oxygen atoms in total. The third kappa shape index (κ3) is 1.88. The molecule has 1 N–H and O–H groups in total. The van der Waals surface area contributed by atoms with Gasteiger partial charge in [0.15, 0.2) is 11.5 Å². The Morgan fingerprint density at radius 1 is 1.25 bits per heavy atom. The summed E-state index contributed by atoms with van der Waals surface area (Å²) in [4.78, 5) is 11.9. The van der Waals surface area contributed by atoms with Crippen LogP contribution in [0.1, 0.15) is 37.7 Å². The van der Waals surface area contributed by atoms with Crippen molar-refractivity contribution in [2.45, 2.75) is 37.5 Å². The molecule has 0 unspecified atom stereocenters. The molecule has 0 aromatic heterocycles. The highest BCUT2D eigenvalue weighted by molar-refractivity contribution is 5.83. The maximum Gasteiger partial charge on any atom is 0.314 e. The van der Waals surface area contributed by atoms with Crippen molar-refractivity contribution in [1.29, 1.82) is 0 Å². The predicted octanol–water partition coefficient (Wildman–Crippen LogP) is 2.71. The van der Waals surface area contributed by atoms with Crippen molar-refractivity contribution in [1.82, 2.24) is 0 Å². The number of ether oxygens (including phenoxy) is 3. The fraction of sp³-hybridized carbons (Fsp3) is 0.533. The minimum absolute atomic E-state index is 0.130. The fourth-order valence-corrected chi connectivity index (χ4v) is 3.21. The predicted molar refractivity (Wildman–Crippen MR) is 71.5 cm³/mol. The zero-order valence-corrected chi connectivity index (χ0v) is 11.5. The van der Waals surface area contributed by atoms with Crippen molar-refractivity contribution < 1.29 is 24.1 Å².